The van der Waals surface area contributed by atoms with Crippen LogP contribution in [0.4, 0.5) is 4.39 Å². The van der Waals surface area contributed by atoms with E-state index in [1.807, 2.05) is 12.1 Å². The minimum absolute atomic E-state index is 0.358. The van der Waals surface area contributed by atoms with Gasteiger partial charge < -0.3 is 5.32 Å². The zero-order chi connectivity index (χ0) is 9.52. The number of hydrogen-bond acceptors (Lipinski definition) is 2. The quantitative estimate of drug-likeness (QED) is 0.711. The van der Waals surface area contributed by atoms with Gasteiger partial charge in [0.15, 0.2) is 0 Å². The highest BCUT2D eigenvalue weighted by Crippen LogP contribution is 2.03. The summed E-state index contributed by atoms with van der Waals surface area (Å²) in [7, 11) is 0. The van der Waals surface area contributed by atoms with Crippen molar-refractivity contribution in [3.05, 3.63) is 35.4 Å². The number of nitriles is 1. The zero-order valence-electron chi connectivity index (χ0n) is 7.26. The summed E-state index contributed by atoms with van der Waals surface area (Å²) >= 11 is 0. The summed E-state index contributed by atoms with van der Waals surface area (Å²) in [6.07, 6.45) is 0. The topological polar surface area (TPSA) is 35.8 Å². The molecule has 13 heavy (non-hydrogen) atoms. The highest BCUT2D eigenvalue weighted by atomic mass is 19.1. The smallest absolute Gasteiger partial charge is 0.102 e. The summed E-state index contributed by atoms with van der Waals surface area (Å²) in [5, 5.41) is 11.5. The van der Waals surface area contributed by atoms with Gasteiger partial charge in [0.1, 0.15) is 6.67 Å². The Balaban J connectivity index is 2.52. The molecule has 0 aromatic heterocycles. The van der Waals surface area contributed by atoms with Crippen molar-refractivity contribution in [1.82, 2.24) is 5.32 Å². The van der Waals surface area contributed by atoms with Crippen molar-refractivity contribution >= 4 is 0 Å². The molecule has 0 radical (unpaired) electrons. The Morgan fingerprint density at radius 2 is 2.31 bits per heavy atom. The third-order valence-corrected chi connectivity index (χ3v) is 1.66. The second-order valence-corrected chi connectivity index (χ2v) is 2.68. The lowest BCUT2D eigenvalue weighted by Gasteiger charge is -2.01. The van der Waals surface area contributed by atoms with Gasteiger partial charge in [-0.2, -0.15) is 5.26 Å². The van der Waals surface area contributed by atoms with E-state index in [1.54, 1.807) is 12.1 Å². The van der Waals surface area contributed by atoms with Crippen molar-refractivity contribution in [3.8, 4) is 6.07 Å². The van der Waals surface area contributed by atoms with Gasteiger partial charge in [-0.25, -0.2) is 4.39 Å². The number of benzene rings is 1. The predicted molar refractivity (Wildman–Crippen MR) is 48.8 cm³/mol. The highest BCUT2D eigenvalue weighted by Gasteiger charge is 1.93. The van der Waals surface area contributed by atoms with Gasteiger partial charge in [0.05, 0.1) is 11.6 Å². The Kier molecular flexibility index (Phi) is 3.94. The summed E-state index contributed by atoms with van der Waals surface area (Å²) in [4.78, 5) is 0. The standard InChI is InChI=1S/C10H11FN2/c11-4-5-13-8-10-3-1-2-9(6-10)7-12/h1-3,6,13H,4-5,8H2. The van der Waals surface area contributed by atoms with Crippen LogP contribution in [-0.4, -0.2) is 13.2 Å². The molecule has 68 valence electrons. The molecule has 1 aromatic carbocycles. The van der Waals surface area contributed by atoms with Gasteiger partial charge in [-0.1, -0.05) is 12.1 Å². The van der Waals surface area contributed by atoms with E-state index in [9.17, 15) is 4.39 Å². The molecule has 0 aliphatic rings. The van der Waals surface area contributed by atoms with Crippen molar-refractivity contribution in [2.24, 2.45) is 0 Å². The summed E-state index contributed by atoms with van der Waals surface area (Å²) < 4.78 is 11.7. The molecule has 0 aliphatic carbocycles. The number of nitrogens with zero attached hydrogens (tertiary/aromatic N) is 1. The molecule has 1 rings (SSSR count). The second-order valence-electron chi connectivity index (χ2n) is 2.68. The van der Waals surface area contributed by atoms with E-state index >= 15 is 0 Å². The van der Waals surface area contributed by atoms with E-state index in [4.69, 9.17) is 5.26 Å². The van der Waals surface area contributed by atoms with E-state index in [1.165, 1.54) is 0 Å². The zero-order valence-corrected chi connectivity index (χ0v) is 7.26. The van der Waals surface area contributed by atoms with Gasteiger partial charge >= 0.3 is 0 Å². The van der Waals surface area contributed by atoms with Crippen LogP contribution in [0.25, 0.3) is 0 Å². The fourth-order valence-corrected chi connectivity index (χ4v) is 1.05. The largest absolute Gasteiger partial charge is 0.310 e. The van der Waals surface area contributed by atoms with Crippen LogP contribution in [0, 0.1) is 11.3 Å². The minimum atomic E-state index is -0.363. The van der Waals surface area contributed by atoms with Crippen molar-refractivity contribution in [2.45, 2.75) is 6.54 Å². The molecular formula is C10H11FN2. The third-order valence-electron chi connectivity index (χ3n) is 1.66. The van der Waals surface area contributed by atoms with E-state index in [-0.39, 0.29) is 6.67 Å². The third kappa shape index (κ3) is 3.22. The maximum atomic E-state index is 11.7. The predicted octanol–water partition coefficient (Wildman–Crippen LogP) is 1.62. The Bertz CT molecular complexity index is 304. The van der Waals surface area contributed by atoms with Gasteiger partial charge in [-0.05, 0) is 17.7 Å². The molecule has 0 fully saturated rings. The molecule has 0 saturated heterocycles. The Morgan fingerprint density at radius 1 is 1.46 bits per heavy atom. The van der Waals surface area contributed by atoms with Crippen LogP contribution in [0.15, 0.2) is 24.3 Å². The molecule has 3 heteroatoms. The Morgan fingerprint density at radius 3 is 3.00 bits per heavy atom. The van der Waals surface area contributed by atoms with E-state index in [0.717, 1.165) is 5.56 Å². The molecule has 0 spiro atoms. The van der Waals surface area contributed by atoms with E-state index < -0.39 is 0 Å². The van der Waals surface area contributed by atoms with Crippen molar-refractivity contribution in [1.29, 1.82) is 5.26 Å². The first kappa shape index (κ1) is 9.69. The minimum Gasteiger partial charge on any atom is -0.310 e. The Hall–Kier alpha value is -1.40. The van der Waals surface area contributed by atoms with E-state index in [2.05, 4.69) is 11.4 Å². The van der Waals surface area contributed by atoms with Crippen LogP contribution < -0.4 is 5.32 Å². The molecular weight excluding hydrogens is 167 g/mol. The van der Waals surface area contributed by atoms with Gasteiger partial charge in [-0.15, -0.1) is 0 Å². The van der Waals surface area contributed by atoms with Gasteiger partial charge in [-0.3, -0.25) is 0 Å². The fraction of sp³-hybridized carbons (Fsp3) is 0.300. The fourth-order valence-electron chi connectivity index (χ4n) is 1.05. The summed E-state index contributed by atoms with van der Waals surface area (Å²) in [6, 6.07) is 9.33. The average Bonchev–Trinajstić information content (AvgIpc) is 2.19. The molecule has 0 heterocycles. The highest BCUT2D eigenvalue weighted by molar-refractivity contribution is 5.32. The summed E-state index contributed by atoms with van der Waals surface area (Å²) in [5.41, 5.74) is 1.65. The van der Waals surface area contributed by atoms with Crippen LogP contribution in [0.2, 0.25) is 0 Å². The number of nitrogens with one attached hydrogen (secondary N) is 1. The average molecular weight is 178 g/mol. The summed E-state index contributed by atoms with van der Waals surface area (Å²) in [5.74, 6) is 0. The first-order chi connectivity index (χ1) is 6.36. The molecule has 0 bridgehead atoms. The number of rotatable bonds is 4. The first-order valence-corrected chi connectivity index (χ1v) is 4.12. The first-order valence-electron chi connectivity index (χ1n) is 4.12. The molecule has 0 saturated carbocycles. The van der Waals surface area contributed by atoms with Crippen LogP contribution in [0.1, 0.15) is 11.1 Å². The Labute approximate surface area is 77.0 Å². The molecule has 0 amide bonds. The van der Waals surface area contributed by atoms with Gasteiger partial charge in [0.2, 0.25) is 0 Å². The lowest BCUT2D eigenvalue weighted by molar-refractivity contribution is 0.467. The maximum absolute atomic E-state index is 11.7. The molecule has 0 aliphatic heterocycles. The lowest BCUT2D eigenvalue weighted by Crippen LogP contribution is -2.15. The van der Waals surface area contributed by atoms with Gasteiger partial charge in [0.25, 0.3) is 0 Å². The normalized spacial score (nSPS) is 9.54. The van der Waals surface area contributed by atoms with Crippen LogP contribution in [0.3, 0.4) is 0 Å². The molecule has 1 aromatic rings. The number of alkyl halides is 1. The van der Waals surface area contributed by atoms with E-state index in [0.29, 0.717) is 18.7 Å². The number of hydrogen-bond donors (Lipinski definition) is 1. The molecule has 0 unspecified atom stereocenters. The van der Waals surface area contributed by atoms with Crippen LogP contribution in [-0.2, 0) is 6.54 Å². The maximum Gasteiger partial charge on any atom is 0.102 e. The second kappa shape index (κ2) is 5.28. The van der Waals surface area contributed by atoms with Crippen LogP contribution in [0.5, 0.6) is 0 Å². The van der Waals surface area contributed by atoms with Crippen molar-refractivity contribution in [3.63, 3.8) is 0 Å². The molecule has 1 N–H and O–H groups in total. The lowest BCUT2D eigenvalue weighted by atomic mass is 10.1. The van der Waals surface area contributed by atoms with Crippen LogP contribution >= 0.6 is 0 Å². The SMILES string of the molecule is N#Cc1cccc(CNCCF)c1. The molecule has 0 atom stereocenters. The number of halogens is 1. The molecule has 2 nitrogen and oxygen atoms in total. The van der Waals surface area contributed by atoms with Crippen molar-refractivity contribution in [2.75, 3.05) is 13.2 Å². The monoisotopic (exact) mass is 178 g/mol. The van der Waals surface area contributed by atoms with Crippen molar-refractivity contribution < 1.29 is 4.39 Å². The van der Waals surface area contributed by atoms with Gasteiger partial charge in [0, 0.05) is 13.1 Å². The summed E-state index contributed by atoms with van der Waals surface area (Å²) in [6.45, 7) is 0.605.